The standard InChI is InChI=1S/C20H26F2N2O4/c1-2-27-19(26)14-7-5-8-16(14)23-10-12-24(13-11-23)18(25)15-6-3-4-9-17(15)28-20(21)22/h3-4,6,9,14,16,20H,2,5,7-8,10-13H2,1H3/t14-,16+/m1/s1. The molecule has 0 spiro atoms. The summed E-state index contributed by atoms with van der Waals surface area (Å²) < 4.78 is 34.9. The summed E-state index contributed by atoms with van der Waals surface area (Å²) in [6.45, 7) is 1.45. The van der Waals surface area contributed by atoms with E-state index in [2.05, 4.69) is 9.64 Å². The normalized spacial score (nSPS) is 23.1. The van der Waals surface area contributed by atoms with Gasteiger partial charge in [0.15, 0.2) is 0 Å². The van der Waals surface area contributed by atoms with Gasteiger partial charge in [0.1, 0.15) is 5.75 Å². The molecule has 1 aliphatic carbocycles. The Kier molecular flexibility index (Phi) is 6.83. The molecule has 1 saturated carbocycles. The average Bonchev–Trinajstić information content (AvgIpc) is 3.18. The minimum absolute atomic E-state index is 0.108. The van der Waals surface area contributed by atoms with Gasteiger partial charge in [-0.25, -0.2) is 0 Å². The zero-order valence-corrected chi connectivity index (χ0v) is 16.0. The van der Waals surface area contributed by atoms with E-state index in [1.165, 1.54) is 12.1 Å². The molecule has 1 aromatic rings. The van der Waals surface area contributed by atoms with E-state index < -0.39 is 6.61 Å². The van der Waals surface area contributed by atoms with Crippen molar-refractivity contribution in [1.29, 1.82) is 0 Å². The van der Waals surface area contributed by atoms with E-state index in [1.807, 2.05) is 6.92 Å². The highest BCUT2D eigenvalue weighted by Gasteiger charge is 2.39. The molecule has 2 fully saturated rings. The zero-order chi connectivity index (χ0) is 20.1. The molecule has 1 heterocycles. The maximum atomic E-state index is 12.8. The number of para-hydroxylation sites is 1. The van der Waals surface area contributed by atoms with E-state index in [1.54, 1.807) is 17.0 Å². The number of esters is 1. The molecule has 0 N–H and O–H groups in total. The molecule has 3 rings (SSSR count). The number of carbonyl (C=O) groups excluding carboxylic acids is 2. The molecule has 0 radical (unpaired) electrons. The first kappa shape index (κ1) is 20.5. The van der Waals surface area contributed by atoms with Crippen LogP contribution in [0.1, 0.15) is 36.5 Å². The van der Waals surface area contributed by atoms with Crippen LogP contribution in [0.4, 0.5) is 8.78 Å². The van der Waals surface area contributed by atoms with E-state index in [4.69, 9.17) is 4.74 Å². The predicted octanol–water partition coefficient (Wildman–Crippen LogP) is 2.78. The van der Waals surface area contributed by atoms with E-state index in [-0.39, 0.29) is 35.1 Å². The number of ether oxygens (including phenoxy) is 2. The van der Waals surface area contributed by atoms with Gasteiger partial charge in [0, 0.05) is 32.2 Å². The van der Waals surface area contributed by atoms with Crippen molar-refractivity contribution in [2.45, 2.75) is 38.8 Å². The van der Waals surface area contributed by atoms with Crippen molar-refractivity contribution in [2.75, 3.05) is 32.8 Å². The fourth-order valence-electron chi connectivity index (χ4n) is 4.17. The molecule has 28 heavy (non-hydrogen) atoms. The van der Waals surface area contributed by atoms with Crippen molar-refractivity contribution in [1.82, 2.24) is 9.80 Å². The second-order valence-electron chi connectivity index (χ2n) is 7.06. The first-order valence-electron chi connectivity index (χ1n) is 9.75. The van der Waals surface area contributed by atoms with E-state index in [0.29, 0.717) is 32.8 Å². The molecule has 6 nitrogen and oxygen atoms in total. The minimum Gasteiger partial charge on any atom is -0.466 e. The molecule has 0 bridgehead atoms. The fraction of sp³-hybridized carbons (Fsp3) is 0.600. The summed E-state index contributed by atoms with van der Waals surface area (Å²) in [5, 5.41) is 0. The summed E-state index contributed by atoms with van der Waals surface area (Å²) in [5.41, 5.74) is 0.140. The lowest BCUT2D eigenvalue weighted by Crippen LogP contribution is -2.53. The molecule has 0 unspecified atom stereocenters. The SMILES string of the molecule is CCOC(=O)[C@@H]1CCC[C@@H]1N1CCN(C(=O)c2ccccc2OC(F)F)CC1. The summed E-state index contributed by atoms with van der Waals surface area (Å²) >= 11 is 0. The number of benzene rings is 1. The number of piperazine rings is 1. The van der Waals surface area contributed by atoms with Gasteiger partial charge >= 0.3 is 12.6 Å². The number of carbonyl (C=O) groups is 2. The highest BCUT2D eigenvalue weighted by Crippen LogP contribution is 2.32. The topological polar surface area (TPSA) is 59.1 Å². The average molecular weight is 396 g/mol. The van der Waals surface area contributed by atoms with Crippen LogP contribution in [-0.4, -0.2) is 67.1 Å². The third-order valence-electron chi connectivity index (χ3n) is 5.47. The lowest BCUT2D eigenvalue weighted by molar-refractivity contribution is -0.150. The van der Waals surface area contributed by atoms with E-state index >= 15 is 0 Å². The number of nitrogens with zero attached hydrogens (tertiary/aromatic N) is 2. The Hall–Kier alpha value is -2.22. The Morgan fingerprint density at radius 2 is 1.86 bits per heavy atom. The van der Waals surface area contributed by atoms with Crippen LogP contribution in [0.2, 0.25) is 0 Å². The molecule has 0 aromatic heterocycles. The summed E-state index contributed by atoms with van der Waals surface area (Å²) in [6.07, 6.45) is 2.77. The van der Waals surface area contributed by atoms with Crippen LogP contribution in [0.5, 0.6) is 5.75 Å². The van der Waals surface area contributed by atoms with Crippen LogP contribution in [0.25, 0.3) is 0 Å². The third kappa shape index (κ3) is 4.60. The number of alkyl halides is 2. The maximum absolute atomic E-state index is 12.8. The number of halogens is 2. The number of rotatable bonds is 6. The largest absolute Gasteiger partial charge is 0.466 e. The van der Waals surface area contributed by atoms with Gasteiger partial charge in [0.25, 0.3) is 5.91 Å². The van der Waals surface area contributed by atoms with Gasteiger partial charge in [-0.15, -0.1) is 0 Å². The molecule has 2 atom stereocenters. The Morgan fingerprint density at radius 3 is 2.54 bits per heavy atom. The monoisotopic (exact) mass is 396 g/mol. The van der Waals surface area contributed by atoms with Gasteiger partial charge < -0.3 is 14.4 Å². The van der Waals surface area contributed by atoms with Crippen LogP contribution in [0.3, 0.4) is 0 Å². The van der Waals surface area contributed by atoms with Crippen molar-refractivity contribution >= 4 is 11.9 Å². The molecule has 2 aliphatic rings. The second-order valence-corrected chi connectivity index (χ2v) is 7.06. The van der Waals surface area contributed by atoms with Crippen LogP contribution in [0, 0.1) is 5.92 Å². The zero-order valence-electron chi connectivity index (χ0n) is 16.0. The van der Waals surface area contributed by atoms with Gasteiger partial charge in [-0.1, -0.05) is 18.6 Å². The summed E-state index contributed by atoms with van der Waals surface area (Å²) in [7, 11) is 0. The van der Waals surface area contributed by atoms with Gasteiger partial charge in [-0.3, -0.25) is 14.5 Å². The van der Waals surface area contributed by atoms with Crippen molar-refractivity contribution in [2.24, 2.45) is 5.92 Å². The van der Waals surface area contributed by atoms with E-state index in [0.717, 1.165) is 19.3 Å². The quantitative estimate of drug-likeness (QED) is 0.692. The number of hydrogen-bond donors (Lipinski definition) is 0. The van der Waals surface area contributed by atoms with Gasteiger partial charge in [-0.05, 0) is 31.9 Å². The summed E-state index contributed by atoms with van der Waals surface area (Å²) in [5.74, 6) is -0.670. The number of amides is 1. The Labute approximate surface area is 163 Å². The highest BCUT2D eigenvalue weighted by molar-refractivity contribution is 5.97. The van der Waals surface area contributed by atoms with Gasteiger partial charge in [-0.2, -0.15) is 8.78 Å². The van der Waals surface area contributed by atoms with Crippen molar-refractivity contribution in [3.8, 4) is 5.75 Å². The molecular weight excluding hydrogens is 370 g/mol. The van der Waals surface area contributed by atoms with Crippen LogP contribution in [-0.2, 0) is 9.53 Å². The number of hydrogen-bond acceptors (Lipinski definition) is 5. The van der Waals surface area contributed by atoms with Crippen LogP contribution >= 0.6 is 0 Å². The van der Waals surface area contributed by atoms with Gasteiger partial charge in [0.05, 0.1) is 18.1 Å². The van der Waals surface area contributed by atoms with Crippen molar-refractivity contribution < 1.29 is 27.8 Å². The lowest BCUT2D eigenvalue weighted by atomic mass is 10.0. The molecule has 1 aliphatic heterocycles. The third-order valence-corrected chi connectivity index (χ3v) is 5.47. The Balaban J connectivity index is 1.61. The second kappa shape index (κ2) is 9.32. The predicted molar refractivity (Wildman–Crippen MR) is 98.3 cm³/mol. The minimum atomic E-state index is -2.98. The Morgan fingerprint density at radius 1 is 1.14 bits per heavy atom. The fourth-order valence-corrected chi connectivity index (χ4v) is 4.17. The molecule has 1 aromatic carbocycles. The molecule has 8 heteroatoms. The van der Waals surface area contributed by atoms with Crippen LogP contribution in [0.15, 0.2) is 24.3 Å². The first-order valence-corrected chi connectivity index (χ1v) is 9.75. The van der Waals surface area contributed by atoms with Crippen molar-refractivity contribution in [3.63, 3.8) is 0 Å². The maximum Gasteiger partial charge on any atom is 0.387 e. The molecular formula is C20H26F2N2O4. The smallest absolute Gasteiger partial charge is 0.387 e. The van der Waals surface area contributed by atoms with Gasteiger partial charge in [0.2, 0.25) is 0 Å². The van der Waals surface area contributed by atoms with Crippen molar-refractivity contribution in [3.05, 3.63) is 29.8 Å². The highest BCUT2D eigenvalue weighted by atomic mass is 19.3. The van der Waals surface area contributed by atoms with E-state index in [9.17, 15) is 18.4 Å². The Bertz CT molecular complexity index is 693. The molecule has 154 valence electrons. The lowest BCUT2D eigenvalue weighted by Gasteiger charge is -2.39. The summed E-state index contributed by atoms with van der Waals surface area (Å²) in [4.78, 5) is 28.9. The molecule has 1 amide bonds. The summed E-state index contributed by atoms with van der Waals surface area (Å²) in [6, 6.07) is 6.20. The molecule has 1 saturated heterocycles. The van der Waals surface area contributed by atoms with Crippen LogP contribution < -0.4 is 4.74 Å². The first-order chi connectivity index (χ1) is 13.5.